The Balaban J connectivity index is 2.11. The second kappa shape index (κ2) is 12.0. The highest BCUT2D eigenvalue weighted by atomic mass is 19.3. The molecule has 0 spiro atoms. The monoisotopic (exact) mass is 559 g/mol. The number of carbonyl (C=O) groups is 1. The van der Waals surface area contributed by atoms with Gasteiger partial charge in [0.05, 0.1) is 11.1 Å². The number of ether oxygens (including phenoxy) is 1. The summed E-state index contributed by atoms with van der Waals surface area (Å²) in [6.07, 6.45) is 1.64. The average Bonchev–Trinajstić information content (AvgIpc) is 2.88. The molecule has 3 N–H and O–H groups in total. The molecular formula is C29H39F2N5O4. The molecule has 0 aliphatic rings. The first kappa shape index (κ1) is 31.1. The lowest BCUT2D eigenvalue weighted by atomic mass is 9.85. The number of nitrogens with one attached hydrogen (secondary N) is 2. The van der Waals surface area contributed by atoms with Crippen molar-refractivity contribution in [2.45, 2.75) is 71.1 Å². The number of hydrogen-bond donors (Lipinski definition) is 3. The summed E-state index contributed by atoms with van der Waals surface area (Å²) in [6, 6.07) is 7.64. The molecule has 1 amide bonds. The first-order valence-corrected chi connectivity index (χ1v) is 13.2. The number of halogens is 2. The van der Waals surface area contributed by atoms with Crippen molar-refractivity contribution < 1.29 is 23.4 Å². The second-order valence-electron chi connectivity index (χ2n) is 11.1. The highest BCUT2D eigenvalue weighted by molar-refractivity contribution is 5.89. The third kappa shape index (κ3) is 6.31. The quantitative estimate of drug-likeness (QED) is 0.213. The maximum atomic E-state index is 14.8. The van der Waals surface area contributed by atoms with E-state index in [2.05, 4.69) is 34.4 Å². The van der Waals surface area contributed by atoms with Crippen LogP contribution in [0.3, 0.4) is 0 Å². The maximum absolute atomic E-state index is 14.8. The van der Waals surface area contributed by atoms with Crippen LogP contribution in [0.5, 0.6) is 0 Å². The van der Waals surface area contributed by atoms with E-state index in [9.17, 15) is 23.5 Å². The summed E-state index contributed by atoms with van der Waals surface area (Å²) < 4.78 is 37.1. The van der Waals surface area contributed by atoms with Gasteiger partial charge in [-0.3, -0.25) is 9.59 Å². The molecule has 11 heteroatoms. The number of carbonyl (C=O) groups excluding carboxylic acids is 1. The van der Waals surface area contributed by atoms with Gasteiger partial charge >= 0.3 is 5.92 Å². The number of benzene rings is 1. The van der Waals surface area contributed by atoms with E-state index in [1.165, 1.54) is 22.8 Å². The lowest BCUT2D eigenvalue weighted by Gasteiger charge is -2.36. The molecule has 0 aliphatic carbocycles. The highest BCUT2D eigenvalue weighted by Gasteiger charge is 2.47. The van der Waals surface area contributed by atoms with E-state index >= 15 is 0 Å². The largest absolute Gasteiger partial charge is 0.384 e. The number of anilines is 1. The maximum Gasteiger partial charge on any atom is 0.300 e. The summed E-state index contributed by atoms with van der Waals surface area (Å²) >= 11 is 0. The fourth-order valence-electron chi connectivity index (χ4n) is 4.99. The fraction of sp³-hybridized carbons (Fsp3) is 0.517. The first-order valence-electron chi connectivity index (χ1n) is 13.2. The number of pyridine rings is 1. The Kier molecular flexibility index (Phi) is 9.31. The van der Waals surface area contributed by atoms with Gasteiger partial charge in [-0.05, 0) is 57.2 Å². The molecule has 0 unspecified atom stereocenters. The summed E-state index contributed by atoms with van der Waals surface area (Å²) in [5.41, 5.74) is -2.39. The third-order valence-electron chi connectivity index (χ3n) is 7.08. The molecule has 0 saturated heterocycles. The molecule has 0 saturated carbocycles. The number of amides is 1. The zero-order valence-electron chi connectivity index (χ0n) is 24.1. The van der Waals surface area contributed by atoms with Crippen LogP contribution in [0.2, 0.25) is 0 Å². The van der Waals surface area contributed by atoms with E-state index in [1.54, 1.807) is 27.1 Å². The van der Waals surface area contributed by atoms with Crippen LogP contribution in [0, 0.1) is 12.8 Å². The number of aliphatic hydroxyl groups is 1. The second-order valence-corrected chi connectivity index (χ2v) is 11.1. The molecule has 0 radical (unpaired) electrons. The topological polar surface area (TPSA) is 118 Å². The number of rotatable bonds is 13. The number of aryl methyl sites for hydroxylation is 1. The van der Waals surface area contributed by atoms with Crippen molar-refractivity contribution in [3.8, 4) is 0 Å². The van der Waals surface area contributed by atoms with E-state index in [0.717, 1.165) is 13.8 Å². The first-order chi connectivity index (χ1) is 18.7. The van der Waals surface area contributed by atoms with Gasteiger partial charge in [0, 0.05) is 32.8 Å². The Hall–Kier alpha value is -3.44. The molecule has 1 aromatic carbocycles. The van der Waals surface area contributed by atoms with Crippen molar-refractivity contribution in [3.05, 3.63) is 63.3 Å². The number of nitrogens with zero attached hydrogens (tertiary/aromatic N) is 3. The third-order valence-corrected chi connectivity index (χ3v) is 7.08. The van der Waals surface area contributed by atoms with E-state index in [0.29, 0.717) is 54.1 Å². The van der Waals surface area contributed by atoms with E-state index in [4.69, 9.17) is 4.74 Å². The molecule has 9 nitrogen and oxygen atoms in total. The summed E-state index contributed by atoms with van der Waals surface area (Å²) in [5, 5.41) is 16.3. The van der Waals surface area contributed by atoms with Crippen LogP contribution >= 0.6 is 0 Å². The van der Waals surface area contributed by atoms with Crippen LogP contribution in [0.25, 0.3) is 10.9 Å². The van der Waals surface area contributed by atoms with Crippen LogP contribution in [0.1, 0.15) is 63.2 Å². The molecule has 3 aromatic rings. The Morgan fingerprint density at radius 3 is 2.50 bits per heavy atom. The smallest absolute Gasteiger partial charge is 0.300 e. The lowest BCUT2D eigenvalue weighted by Crippen LogP contribution is -2.40. The minimum absolute atomic E-state index is 0.135. The van der Waals surface area contributed by atoms with Crippen molar-refractivity contribution >= 4 is 23.1 Å². The predicted molar refractivity (Wildman–Crippen MR) is 150 cm³/mol. The van der Waals surface area contributed by atoms with Gasteiger partial charge in [-0.15, -0.1) is 0 Å². The van der Waals surface area contributed by atoms with Crippen LogP contribution < -0.4 is 16.2 Å². The molecule has 218 valence electrons. The molecule has 2 aromatic heterocycles. The predicted octanol–water partition coefficient (Wildman–Crippen LogP) is 4.14. The summed E-state index contributed by atoms with van der Waals surface area (Å²) in [5.74, 6) is -2.50. The zero-order valence-corrected chi connectivity index (χ0v) is 24.1. The van der Waals surface area contributed by atoms with Crippen molar-refractivity contribution in [2.75, 3.05) is 19.0 Å². The highest BCUT2D eigenvalue weighted by Crippen LogP contribution is 2.39. The molecular weight excluding hydrogens is 520 g/mol. The molecule has 0 aliphatic heterocycles. The van der Waals surface area contributed by atoms with Crippen molar-refractivity contribution in [1.29, 1.82) is 0 Å². The Labute approximate surface area is 233 Å². The van der Waals surface area contributed by atoms with Crippen LogP contribution in [0.4, 0.5) is 14.6 Å². The number of alkyl halides is 2. The minimum Gasteiger partial charge on any atom is -0.384 e. The SMILES string of the molecule is CO[C@](CCNC=O)(CC(C)C)c1cc2c(NCc3cccc(C(F)(F)C(C)(C)O)c3)nc(C)nc2c(=O)n1C. The molecule has 3 rings (SSSR count). The zero-order chi connectivity index (χ0) is 29.9. The number of hydrogen-bond acceptors (Lipinski definition) is 7. The van der Waals surface area contributed by atoms with Gasteiger partial charge in [0.25, 0.3) is 5.56 Å². The van der Waals surface area contributed by atoms with E-state index < -0.39 is 17.1 Å². The van der Waals surface area contributed by atoms with Crippen LogP contribution in [0.15, 0.2) is 35.1 Å². The van der Waals surface area contributed by atoms with Crippen molar-refractivity contribution in [1.82, 2.24) is 19.9 Å². The number of aromatic nitrogens is 3. The molecule has 40 heavy (non-hydrogen) atoms. The van der Waals surface area contributed by atoms with Gasteiger partial charge in [0.15, 0.2) is 0 Å². The summed E-state index contributed by atoms with van der Waals surface area (Å²) in [4.78, 5) is 33.4. The van der Waals surface area contributed by atoms with Crippen LogP contribution in [-0.4, -0.2) is 45.3 Å². The molecule has 0 bridgehead atoms. The van der Waals surface area contributed by atoms with Gasteiger partial charge in [-0.2, -0.15) is 8.78 Å². The average molecular weight is 560 g/mol. The number of methoxy groups -OCH3 is 1. The Morgan fingerprint density at radius 2 is 1.90 bits per heavy atom. The standard InChI is InChI=1S/C29H39F2N5O4/c1-18(2)15-28(40-7,11-12-32-17-37)23-14-22-24(26(38)36(23)6)34-19(3)35-25(22)33-16-20-9-8-10-21(13-20)29(30,31)27(4,5)39/h8-10,13-14,17-18,39H,11-12,15-16H2,1-7H3,(H,32,37)(H,33,34,35)/t28-/m1/s1. The van der Waals surface area contributed by atoms with Gasteiger partial charge in [-0.25, -0.2) is 9.97 Å². The number of fused-ring (bicyclic) bond motifs is 1. The van der Waals surface area contributed by atoms with Gasteiger partial charge in [0.1, 0.15) is 28.4 Å². The lowest BCUT2D eigenvalue weighted by molar-refractivity contribution is -0.168. The summed E-state index contributed by atoms with van der Waals surface area (Å²) in [6.45, 7) is 8.39. The van der Waals surface area contributed by atoms with Crippen LogP contribution in [-0.2, 0) is 34.6 Å². The van der Waals surface area contributed by atoms with E-state index in [1.807, 2.05) is 6.07 Å². The summed E-state index contributed by atoms with van der Waals surface area (Å²) in [7, 11) is 3.25. The Morgan fingerprint density at radius 1 is 1.20 bits per heavy atom. The molecule has 0 fully saturated rings. The fourth-order valence-corrected chi connectivity index (χ4v) is 4.99. The Bertz CT molecular complexity index is 1420. The van der Waals surface area contributed by atoms with Crippen molar-refractivity contribution in [2.24, 2.45) is 13.0 Å². The van der Waals surface area contributed by atoms with E-state index in [-0.39, 0.29) is 29.1 Å². The normalized spacial score (nSPS) is 13.9. The molecule has 1 atom stereocenters. The van der Waals surface area contributed by atoms with Crippen molar-refractivity contribution in [3.63, 3.8) is 0 Å². The van der Waals surface area contributed by atoms with Gasteiger partial charge in [-0.1, -0.05) is 32.0 Å². The minimum atomic E-state index is -3.46. The van der Waals surface area contributed by atoms with Gasteiger partial charge in [0.2, 0.25) is 6.41 Å². The molecule has 2 heterocycles. The van der Waals surface area contributed by atoms with Gasteiger partial charge < -0.3 is 25.0 Å².